The Morgan fingerprint density at radius 2 is 1.53 bits per heavy atom. The lowest BCUT2D eigenvalue weighted by Crippen LogP contribution is -2.41. The Hall–Kier alpha value is -5.38. The number of hydrogen-bond donors (Lipinski definition) is 0. The SMILES string of the molecule is C[Si]1(C)C2=C(C(N(c3ccc(-c4ccc5ccccc5c4)cc3)c3cccc(C4=CCCC=C4)c3)=CCC2)c2c1ccc1c2OC2C=CC=CC12. The van der Waals surface area contributed by atoms with Crippen molar-refractivity contribution in [1.29, 1.82) is 0 Å². The van der Waals surface area contributed by atoms with Crippen LogP contribution in [0.4, 0.5) is 11.4 Å². The summed E-state index contributed by atoms with van der Waals surface area (Å²) in [5, 5.41) is 5.70. The summed E-state index contributed by atoms with van der Waals surface area (Å²) in [5.41, 5.74) is 12.8. The van der Waals surface area contributed by atoms with Crippen molar-refractivity contribution in [3.8, 4) is 16.9 Å². The van der Waals surface area contributed by atoms with Crippen LogP contribution < -0.4 is 14.8 Å². The second-order valence-electron chi connectivity index (χ2n) is 15.0. The van der Waals surface area contributed by atoms with E-state index in [0.29, 0.717) is 0 Å². The van der Waals surface area contributed by atoms with Gasteiger partial charge in [-0.05, 0) is 100 Å². The predicted molar refractivity (Wildman–Crippen MR) is 218 cm³/mol. The van der Waals surface area contributed by atoms with Crippen molar-refractivity contribution in [2.45, 2.75) is 50.8 Å². The maximum absolute atomic E-state index is 6.92. The van der Waals surface area contributed by atoms with Gasteiger partial charge in [0.2, 0.25) is 0 Å². The highest BCUT2D eigenvalue weighted by molar-refractivity contribution is 6.98. The number of benzene rings is 5. The lowest BCUT2D eigenvalue weighted by Gasteiger charge is -2.33. The van der Waals surface area contributed by atoms with Crippen molar-refractivity contribution in [2.24, 2.45) is 0 Å². The molecule has 0 aromatic heterocycles. The summed E-state index contributed by atoms with van der Waals surface area (Å²) in [6.07, 6.45) is 22.7. The molecule has 3 heteroatoms. The summed E-state index contributed by atoms with van der Waals surface area (Å²) in [7, 11) is -1.94. The molecule has 0 saturated heterocycles. The summed E-state index contributed by atoms with van der Waals surface area (Å²) < 4.78 is 6.92. The highest BCUT2D eigenvalue weighted by Crippen LogP contribution is 2.54. The second-order valence-corrected chi connectivity index (χ2v) is 19.4. The number of anilines is 2. The topological polar surface area (TPSA) is 12.5 Å². The van der Waals surface area contributed by atoms with Crippen molar-refractivity contribution in [1.82, 2.24) is 0 Å². The summed E-state index contributed by atoms with van der Waals surface area (Å²) >= 11 is 0. The third-order valence-electron chi connectivity index (χ3n) is 11.7. The van der Waals surface area contributed by atoms with Gasteiger partial charge < -0.3 is 9.64 Å². The Morgan fingerprint density at radius 1 is 0.686 bits per heavy atom. The minimum absolute atomic E-state index is 0.0641. The molecule has 5 aromatic carbocycles. The van der Waals surface area contributed by atoms with Gasteiger partial charge in [-0.25, -0.2) is 0 Å². The lowest BCUT2D eigenvalue weighted by atomic mass is 9.88. The summed E-state index contributed by atoms with van der Waals surface area (Å²) in [4.78, 5) is 2.54. The zero-order valence-corrected chi connectivity index (χ0v) is 30.3. The van der Waals surface area contributed by atoms with E-state index in [9.17, 15) is 0 Å². The van der Waals surface area contributed by atoms with Crippen molar-refractivity contribution in [2.75, 3.05) is 4.90 Å². The fourth-order valence-corrected chi connectivity index (χ4v) is 12.5. The van der Waals surface area contributed by atoms with E-state index in [-0.39, 0.29) is 12.0 Å². The van der Waals surface area contributed by atoms with E-state index in [4.69, 9.17) is 4.74 Å². The number of hydrogen-bond acceptors (Lipinski definition) is 2. The van der Waals surface area contributed by atoms with Gasteiger partial charge in [0, 0.05) is 39.7 Å². The highest BCUT2D eigenvalue weighted by atomic mass is 28.3. The summed E-state index contributed by atoms with van der Waals surface area (Å²) in [6.45, 7) is 5.10. The highest BCUT2D eigenvalue weighted by Gasteiger charge is 2.47. The van der Waals surface area contributed by atoms with Crippen LogP contribution in [0.5, 0.6) is 5.75 Å². The molecule has 51 heavy (non-hydrogen) atoms. The van der Waals surface area contributed by atoms with Crippen LogP contribution in [-0.4, -0.2) is 14.2 Å². The average Bonchev–Trinajstić information content (AvgIpc) is 3.68. The molecule has 2 nitrogen and oxygen atoms in total. The van der Waals surface area contributed by atoms with Crippen molar-refractivity contribution in [3.05, 3.63) is 179 Å². The molecule has 2 unspecified atom stereocenters. The maximum Gasteiger partial charge on any atom is 0.131 e. The molecule has 0 amide bonds. The molecule has 3 aliphatic carbocycles. The maximum atomic E-state index is 6.92. The van der Waals surface area contributed by atoms with E-state index >= 15 is 0 Å². The van der Waals surface area contributed by atoms with Crippen LogP contribution in [0.2, 0.25) is 13.1 Å². The van der Waals surface area contributed by atoms with Gasteiger partial charge in [-0.1, -0.05) is 134 Å². The Bertz CT molecular complexity index is 2440. The van der Waals surface area contributed by atoms with E-state index in [2.05, 4.69) is 170 Å². The first-order valence-corrected chi connectivity index (χ1v) is 21.5. The molecule has 0 radical (unpaired) electrons. The van der Waals surface area contributed by atoms with Crippen LogP contribution in [0.15, 0.2) is 163 Å². The van der Waals surface area contributed by atoms with Gasteiger partial charge in [0.05, 0.1) is 0 Å². The van der Waals surface area contributed by atoms with E-state index in [1.165, 1.54) is 72.0 Å². The molecule has 2 heterocycles. The summed E-state index contributed by atoms with van der Waals surface area (Å²) in [6, 6.07) is 38.6. The number of allylic oxidation sites excluding steroid dienone is 9. The first-order chi connectivity index (χ1) is 25.0. The zero-order valence-electron chi connectivity index (χ0n) is 29.3. The second kappa shape index (κ2) is 11.9. The molecule has 248 valence electrons. The molecule has 10 rings (SSSR count). The third-order valence-corrected chi connectivity index (χ3v) is 15.5. The Kier molecular flexibility index (Phi) is 7.08. The molecular weight excluding hydrogens is 635 g/mol. The van der Waals surface area contributed by atoms with Crippen LogP contribution in [0, 0.1) is 0 Å². The van der Waals surface area contributed by atoms with Gasteiger partial charge >= 0.3 is 0 Å². The smallest absolute Gasteiger partial charge is 0.131 e. The Morgan fingerprint density at radius 3 is 2.39 bits per heavy atom. The average molecular weight is 676 g/mol. The van der Waals surface area contributed by atoms with E-state index in [0.717, 1.165) is 31.4 Å². The van der Waals surface area contributed by atoms with Crippen LogP contribution in [-0.2, 0) is 0 Å². The van der Waals surface area contributed by atoms with Gasteiger partial charge in [0.15, 0.2) is 0 Å². The minimum atomic E-state index is -1.94. The van der Waals surface area contributed by atoms with E-state index in [1.54, 1.807) is 5.20 Å². The predicted octanol–water partition coefficient (Wildman–Crippen LogP) is 11.9. The monoisotopic (exact) mass is 675 g/mol. The number of nitrogens with zero attached hydrogens (tertiary/aromatic N) is 1. The molecule has 0 spiro atoms. The van der Waals surface area contributed by atoms with Crippen LogP contribution in [0.25, 0.3) is 33.0 Å². The lowest BCUT2D eigenvalue weighted by molar-refractivity contribution is 0.268. The van der Waals surface area contributed by atoms with Gasteiger partial charge in [-0.3, -0.25) is 0 Å². The quantitative estimate of drug-likeness (QED) is 0.172. The molecule has 5 aliphatic rings. The molecule has 0 fully saturated rings. The molecule has 0 bridgehead atoms. The van der Waals surface area contributed by atoms with Crippen molar-refractivity contribution < 1.29 is 4.74 Å². The number of fused-ring (bicyclic) bond motifs is 7. The number of rotatable bonds is 5. The van der Waals surface area contributed by atoms with E-state index < -0.39 is 8.07 Å². The molecule has 2 aliphatic heterocycles. The zero-order chi connectivity index (χ0) is 34.1. The summed E-state index contributed by atoms with van der Waals surface area (Å²) in [5.74, 6) is 1.38. The first kappa shape index (κ1) is 30.4. The number of ether oxygens (including phenoxy) is 1. The third kappa shape index (κ3) is 4.90. The molecule has 2 atom stereocenters. The van der Waals surface area contributed by atoms with Crippen LogP contribution in [0.3, 0.4) is 0 Å². The fraction of sp³-hybridized carbons (Fsp3) is 0.167. The van der Waals surface area contributed by atoms with Gasteiger partial charge in [-0.2, -0.15) is 0 Å². The molecular formula is C48H41NOSi. The van der Waals surface area contributed by atoms with Gasteiger partial charge in [0.25, 0.3) is 0 Å². The molecule has 0 saturated carbocycles. The molecule has 0 N–H and O–H groups in total. The largest absolute Gasteiger partial charge is 0.484 e. The first-order valence-electron chi connectivity index (χ1n) is 18.5. The minimum Gasteiger partial charge on any atom is -0.484 e. The standard InChI is InChI=1S/C48H41NOSi/c1-51(2)44-21-11-19-42(46(44)47-45(51)29-28-41-40-18-8-9-20-43(40)50-48(41)47)49(39-17-10-16-36(31-39)32-12-4-3-5-13-32)38-26-24-34(25-27-38)37-23-22-33-14-6-7-15-35(33)30-37/h4,6-10,12-20,22-31,40,43H,3,5,11,21H2,1-2H3. The van der Waals surface area contributed by atoms with Crippen molar-refractivity contribution in [3.63, 3.8) is 0 Å². The van der Waals surface area contributed by atoms with Crippen molar-refractivity contribution >= 4 is 46.6 Å². The fourth-order valence-electron chi connectivity index (χ4n) is 9.13. The molecule has 5 aromatic rings. The van der Waals surface area contributed by atoms with E-state index in [1.807, 2.05) is 0 Å². The van der Waals surface area contributed by atoms with Gasteiger partial charge in [-0.15, -0.1) is 0 Å². The van der Waals surface area contributed by atoms with Crippen LogP contribution >= 0.6 is 0 Å². The van der Waals surface area contributed by atoms with Crippen LogP contribution in [0.1, 0.15) is 48.3 Å². The Labute approximate surface area is 302 Å². The normalized spacial score (nSPS) is 20.7. The Balaban J connectivity index is 1.13. The van der Waals surface area contributed by atoms with Gasteiger partial charge in [0.1, 0.15) is 19.9 Å².